The summed E-state index contributed by atoms with van der Waals surface area (Å²) in [4.78, 5) is 13.6. The molecule has 3 aliphatic rings. The lowest BCUT2D eigenvalue weighted by molar-refractivity contribution is -0.126. The number of fused-ring (bicyclic) bond motifs is 2. The number of carbonyl (C=O) groups excluding carboxylic acids is 1. The van der Waals surface area contributed by atoms with E-state index in [-0.39, 0.29) is 5.91 Å². The summed E-state index contributed by atoms with van der Waals surface area (Å²) in [7, 11) is 0. The van der Waals surface area contributed by atoms with Crippen LogP contribution < -0.4 is 0 Å². The van der Waals surface area contributed by atoms with Gasteiger partial charge in [0, 0.05) is 6.04 Å². The van der Waals surface area contributed by atoms with E-state index >= 15 is 0 Å². The minimum atomic E-state index is 0.248. The summed E-state index contributed by atoms with van der Waals surface area (Å²) in [6.45, 7) is 0. The lowest BCUT2D eigenvalue weighted by atomic mass is 9.94. The summed E-state index contributed by atoms with van der Waals surface area (Å²) in [6, 6.07) is 0.462. The van der Waals surface area contributed by atoms with Crippen molar-refractivity contribution in [3.05, 3.63) is 0 Å². The van der Waals surface area contributed by atoms with Crippen molar-refractivity contribution in [2.45, 2.75) is 31.7 Å². The molecular formula is C10H13NOS2. The maximum Gasteiger partial charge on any atom is 0.238 e. The van der Waals surface area contributed by atoms with Crippen LogP contribution in [0.3, 0.4) is 0 Å². The monoisotopic (exact) mass is 227 g/mol. The van der Waals surface area contributed by atoms with E-state index < -0.39 is 0 Å². The summed E-state index contributed by atoms with van der Waals surface area (Å²) in [6.07, 6.45) is 5.23. The van der Waals surface area contributed by atoms with Crippen LogP contribution in [0.15, 0.2) is 0 Å². The van der Waals surface area contributed by atoms with Crippen LogP contribution in [0.4, 0.5) is 0 Å². The Morgan fingerprint density at radius 1 is 1.36 bits per heavy atom. The zero-order chi connectivity index (χ0) is 9.71. The molecule has 0 spiro atoms. The van der Waals surface area contributed by atoms with Crippen LogP contribution in [0.1, 0.15) is 25.7 Å². The first-order valence-corrected chi connectivity index (χ1v) is 6.64. The molecule has 3 atom stereocenters. The predicted octanol–water partition coefficient (Wildman–Crippen LogP) is 2.04. The standard InChI is InChI=1S/C10H13NOS2/c12-9-5-14-10(13)11(9)8-4-6-1-2-7(8)3-6/h6-8H,1-5H2. The largest absolute Gasteiger partial charge is 0.294 e. The minimum Gasteiger partial charge on any atom is -0.294 e. The second-order valence-electron chi connectivity index (χ2n) is 4.56. The van der Waals surface area contributed by atoms with Gasteiger partial charge in [0.1, 0.15) is 4.32 Å². The number of hydrogen-bond donors (Lipinski definition) is 0. The van der Waals surface area contributed by atoms with E-state index in [0.29, 0.717) is 11.8 Å². The number of carbonyl (C=O) groups is 1. The fourth-order valence-electron chi connectivity index (χ4n) is 3.21. The first-order chi connectivity index (χ1) is 6.75. The molecule has 3 fully saturated rings. The van der Waals surface area contributed by atoms with Gasteiger partial charge in [0.25, 0.3) is 0 Å². The fraction of sp³-hybridized carbons (Fsp3) is 0.800. The van der Waals surface area contributed by atoms with E-state index in [1.54, 1.807) is 0 Å². The number of nitrogens with zero attached hydrogens (tertiary/aromatic N) is 1. The average molecular weight is 227 g/mol. The molecule has 1 aliphatic heterocycles. The highest BCUT2D eigenvalue weighted by molar-refractivity contribution is 8.23. The predicted molar refractivity (Wildman–Crippen MR) is 61.1 cm³/mol. The second kappa shape index (κ2) is 3.20. The van der Waals surface area contributed by atoms with E-state index in [2.05, 4.69) is 0 Å². The van der Waals surface area contributed by atoms with Crippen molar-refractivity contribution >= 4 is 34.2 Å². The molecule has 1 amide bonds. The summed E-state index contributed by atoms with van der Waals surface area (Å²) < 4.78 is 0.826. The Balaban J connectivity index is 1.82. The molecule has 1 heterocycles. The van der Waals surface area contributed by atoms with Gasteiger partial charge in [-0.15, -0.1) is 0 Å². The number of amides is 1. The summed E-state index contributed by atoms with van der Waals surface area (Å²) in [5.41, 5.74) is 0. The highest BCUT2D eigenvalue weighted by Gasteiger charge is 2.46. The molecule has 0 N–H and O–H groups in total. The zero-order valence-electron chi connectivity index (χ0n) is 7.94. The number of thioether (sulfide) groups is 1. The SMILES string of the molecule is O=C1CSC(=S)N1C1CC2CCC1C2. The maximum atomic E-state index is 11.7. The van der Waals surface area contributed by atoms with Gasteiger partial charge < -0.3 is 0 Å². The van der Waals surface area contributed by atoms with E-state index in [9.17, 15) is 4.79 Å². The third-order valence-electron chi connectivity index (χ3n) is 3.82. The Labute approximate surface area is 93.4 Å². The van der Waals surface area contributed by atoms with Crippen LogP contribution in [0.25, 0.3) is 0 Å². The zero-order valence-corrected chi connectivity index (χ0v) is 9.57. The first-order valence-electron chi connectivity index (χ1n) is 5.24. The highest BCUT2D eigenvalue weighted by atomic mass is 32.2. The van der Waals surface area contributed by atoms with E-state index in [1.165, 1.54) is 37.4 Å². The highest BCUT2D eigenvalue weighted by Crippen LogP contribution is 2.48. The number of thiocarbonyl (C=S) groups is 1. The van der Waals surface area contributed by atoms with Gasteiger partial charge in [0.2, 0.25) is 5.91 Å². The third-order valence-corrected chi connectivity index (χ3v) is 5.20. The Morgan fingerprint density at radius 3 is 2.71 bits per heavy atom. The average Bonchev–Trinajstić information content (AvgIpc) is 2.81. The Morgan fingerprint density at radius 2 is 2.21 bits per heavy atom. The van der Waals surface area contributed by atoms with E-state index in [4.69, 9.17) is 12.2 Å². The smallest absolute Gasteiger partial charge is 0.238 e. The minimum absolute atomic E-state index is 0.248. The molecule has 14 heavy (non-hydrogen) atoms. The Bertz CT molecular complexity index is 288. The maximum absolute atomic E-state index is 11.7. The first kappa shape index (κ1) is 9.16. The second-order valence-corrected chi connectivity index (χ2v) is 6.17. The Hall–Kier alpha value is -0.0900. The summed E-state index contributed by atoms with van der Waals surface area (Å²) in [5.74, 6) is 2.46. The van der Waals surface area contributed by atoms with Gasteiger partial charge in [0.15, 0.2) is 0 Å². The fourth-order valence-corrected chi connectivity index (χ4v) is 4.39. The quantitative estimate of drug-likeness (QED) is 0.639. The van der Waals surface area contributed by atoms with Crippen LogP contribution in [0, 0.1) is 11.8 Å². The van der Waals surface area contributed by atoms with Gasteiger partial charge >= 0.3 is 0 Å². The molecule has 4 heteroatoms. The molecule has 2 bridgehead atoms. The van der Waals surface area contributed by atoms with Gasteiger partial charge in [-0.1, -0.05) is 30.4 Å². The molecule has 2 saturated carbocycles. The van der Waals surface area contributed by atoms with Crippen molar-refractivity contribution in [2.24, 2.45) is 11.8 Å². The van der Waals surface area contributed by atoms with Gasteiger partial charge in [-0.05, 0) is 31.1 Å². The van der Waals surface area contributed by atoms with Gasteiger partial charge in [-0.25, -0.2) is 0 Å². The van der Waals surface area contributed by atoms with Crippen LogP contribution in [-0.2, 0) is 4.79 Å². The molecule has 3 unspecified atom stereocenters. The molecule has 2 aliphatic carbocycles. The topological polar surface area (TPSA) is 20.3 Å². The molecule has 2 nitrogen and oxygen atoms in total. The molecule has 0 aromatic heterocycles. The summed E-state index contributed by atoms with van der Waals surface area (Å²) >= 11 is 6.77. The normalized spacial score (nSPS) is 41.4. The van der Waals surface area contributed by atoms with Gasteiger partial charge in [0.05, 0.1) is 5.75 Å². The molecule has 0 aromatic rings. The van der Waals surface area contributed by atoms with E-state index in [0.717, 1.165) is 16.2 Å². The van der Waals surface area contributed by atoms with Crippen molar-refractivity contribution in [2.75, 3.05) is 5.75 Å². The Kier molecular flexibility index (Phi) is 2.10. The van der Waals surface area contributed by atoms with Crippen LogP contribution in [0.2, 0.25) is 0 Å². The number of rotatable bonds is 1. The van der Waals surface area contributed by atoms with Crippen molar-refractivity contribution in [1.29, 1.82) is 0 Å². The van der Waals surface area contributed by atoms with Crippen LogP contribution in [-0.4, -0.2) is 26.9 Å². The third kappa shape index (κ3) is 1.23. The van der Waals surface area contributed by atoms with Gasteiger partial charge in [-0.3, -0.25) is 9.69 Å². The van der Waals surface area contributed by atoms with Crippen LogP contribution in [0.5, 0.6) is 0 Å². The lowest BCUT2D eigenvalue weighted by Crippen LogP contribution is -2.42. The van der Waals surface area contributed by atoms with Crippen molar-refractivity contribution in [1.82, 2.24) is 4.90 Å². The summed E-state index contributed by atoms with van der Waals surface area (Å²) in [5, 5.41) is 0. The molecule has 1 saturated heterocycles. The van der Waals surface area contributed by atoms with Gasteiger partial charge in [-0.2, -0.15) is 0 Å². The number of hydrogen-bond acceptors (Lipinski definition) is 3. The molecule has 0 radical (unpaired) electrons. The van der Waals surface area contributed by atoms with E-state index in [1.807, 2.05) is 4.90 Å². The van der Waals surface area contributed by atoms with Crippen LogP contribution >= 0.6 is 24.0 Å². The molecular weight excluding hydrogens is 214 g/mol. The van der Waals surface area contributed by atoms with Crippen molar-refractivity contribution < 1.29 is 4.79 Å². The molecule has 0 aromatic carbocycles. The van der Waals surface area contributed by atoms with Crippen molar-refractivity contribution in [3.8, 4) is 0 Å². The van der Waals surface area contributed by atoms with Crippen molar-refractivity contribution in [3.63, 3.8) is 0 Å². The molecule has 3 rings (SSSR count). The lowest BCUT2D eigenvalue weighted by Gasteiger charge is -2.30. The molecule has 76 valence electrons.